The highest BCUT2D eigenvalue weighted by atomic mass is 32.2. The summed E-state index contributed by atoms with van der Waals surface area (Å²) in [4.78, 5) is 17.6. The number of carbonyl (C=O) groups excluding carboxylic acids is 1. The fourth-order valence-corrected chi connectivity index (χ4v) is 6.40. The summed E-state index contributed by atoms with van der Waals surface area (Å²) in [5.74, 6) is 0.0944. The summed E-state index contributed by atoms with van der Waals surface area (Å²) in [7, 11) is 0.924. The smallest absolute Gasteiger partial charge is 0.274 e. The molecule has 0 saturated carbocycles. The Bertz CT molecular complexity index is 1060. The maximum atomic E-state index is 13.7. The van der Waals surface area contributed by atoms with Gasteiger partial charge >= 0.3 is 0 Å². The van der Waals surface area contributed by atoms with Gasteiger partial charge in [0.05, 0.1) is 17.2 Å². The van der Waals surface area contributed by atoms with E-state index in [2.05, 4.69) is 17.0 Å². The van der Waals surface area contributed by atoms with Crippen molar-refractivity contribution in [3.8, 4) is 5.69 Å². The molecule has 1 aliphatic carbocycles. The van der Waals surface area contributed by atoms with Crippen LogP contribution in [0.2, 0.25) is 0 Å². The first-order valence-corrected chi connectivity index (χ1v) is 12.9. The van der Waals surface area contributed by atoms with Crippen LogP contribution < -0.4 is 0 Å². The first-order chi connectivity index (χ1) is 14.7. The fraction of sp³-hybridized carbons (Fsp3) is 0.565. The molecule has 0 spiro atoms. The zero-order chi connectivity index (χ0) is 22.2. The molecular formula is C23H32N4O3S. The number of sulfone groups is 1. The van der Waals surface area contributed by atoms with Gasteiger partial charge in [0, 0.05) is 23.8 Å². The lowest BCUT2D eigenvalue weighted by Gasteiger charge is -2.28. The summed E-state index contributed by atoms with van der Waals surface area (Å²) in [6.45, 7) is 3.44. The summed E-state index contributed by atoms with van der Waals surface area (Å²) in [5, 5.41) is 4.77. The van der Waals surface area contributed by atoms with Crippen LogP contribution in [-0.2, 0) is 22.7 Å². The highest BCUT2D eigenvalue weighted by Crippen LogP contribution is 2.30. The van der Waals surface area contributed by atoms with Gasteiger partial charge in [0.25, 0.3) is 5.91 Å². The third-order valence-electron chi connectivity index (χ3n) is 6.33. The van der Waals surface area contributed by atoms with Crippen LogP contribution in [0.3, 0.4) is 0 Å². The first-order valence-electron chi connectivity index (χ1n) is 11.1. The van der Waals surface area contributed by atoms with Crippen LogP contribution >= 0.6 is 0 Å². The number of aryl methyl sites for hydroxylation is 1. The van der Waals surface area contributed by atoms with Crippen LogP contribution in [0.4, 0.5) is 0 Å². The lowest BCUT2D eigenvalue weighted by Crippen LogP contribution is -2.43. The van der Waals surface area contributed by atoms with Gasteiger partial charge in [-0.25, -0.2) is 13.1 Å². The maximum absolute atomic E-state index is 13.7. The second-order valence-corrected chi connectivity index (χ2v) is 11.3. The van der Waals surface area contributed by atoms with Gasteiger partial charge in [-0.1, -0.05) is 17.7 Å². The highest BCUT2D eigenvalue weighted by molar-refractivity contribution is 7.91. The van der Waals surface area contributed by atoms with Gasteiger partial charge in [-0.05, 0) is 71.8 Å². The number of benzene rings is 1. The Kier molecular flexibility index (Phi) is 6.21. The van der Waals surface area contributed by atoms with Crippen LogP contribution in [0.5, 0.6) is 0 Å². The van der Waals surface area contributed by atoms with Crippen LogP contribution in [-0.4, -0.2) is 78.6 Å². The second-order valence-electron chi connectivity index (χ2n) is 9.09. The number of rotatable bonds is 7. The number of amides is 1. The van der Waals surface area contributed by atoms with Crippen molar-refractivity contribution in [3.05, 3.63) is 46.8 Å². The lowest BCUT2D eigenvalue weighted by molar-refractivity contribution is 0.0682. The molecule has 1 aromatic carbocycles. The summed E-state index contributed by atoms with van der Waals surface area (Å²) in [6, 6.07) is 7.91. The van der Waals surface area contributed by atoms with Crippen molar-refractivity contribution in [2.24, 2.45) is 0 Å². The van der Waals surface area contributed by atoms with Crippen LogP contribution in [0.1, 0.15) is 46.6 Å². The van der Waals surface area contributed by atoms with Crippen molar-refractivity contribution in [1.29, 1.82) is 0 Å². The molecule has 2 heterocycles. The molecule has 1 fully saturated rings. The summed E-state index contributed by atoms with van der Waals surface area (Å²) < 4.78 is 26.2. The van der Waals surface area contributed by atoms with Crippen molar-refractivity contribution in [1.82, 2.24) is 19.6 Å². The Labute approximate surface area is 184 Å². The van der Waals surface area contributed by atoms with E-state index >= 15 is 0 Å². The van der Waals surface area contributed by atoms with Gasteiger partial charge in [0.2, 0.25) is 0 Å². The molecule has 4 rings (SSSR count). The molecular weight excluding hydrogens is 412 g/mol. The number of nitrogens with zero attached hydrogens (tertiary/aromatic N) is 4. The number of aromatic nitrogens is 2. The van der Waals surface area contributed by atoms with E-state index in [1.54, 1.807) is 4.90 Å². The molecule has 0 N–H and O–H groups in total. The molecule has 1 amide bonds. The van der Waals surface area contributed by atoms with Gasteiger partial charge in [-0.3, -0.25) is 4.79 Å². The Morgan fingerprint density at radius 2 is 1.90 bits per heavy atom. The number of hydrogen-bond donors (Lipinski definition) is 0. The van der Waals surface area contributed by atoms with Crippen molar-refractivity contribution < 1.29 is 13.2 Å². The SMILES string of the molecule is Cc1ccc(-n2nc(C(=O)N(CCCN(C)C)C3CCS(=O)(=O)C3)c3c2CCC3)cc1. The highest BCUT2D eigenvalue weighted by Gasteiger charge is 2.37. The van der Waals surface area contributed by atoms with Crippen LogP contribution in [0, 0.1) is 6.92 Å². The summed E-state index contributed by atoms with van der Waals surface area (Å²) in [5.41, 5.74) is 4.79. The van der Waals surface area contributed by atoms with E-state index in [1.807, 2.05) is 37.8 Å². The van der Waals surface area contributed by atoms with Gasteiger partial charge in [0.15, 0.2) is 15.5 Å². The van der Waals surface area contributed by atoms with Crippen molar-refractivity contribution in [2.75, 3.05) is 38.7 Å². The van der Waals surface area contributed by atoms with Crippen LogP contribution in [0.15, 0.2) is 24.3 Å². The maximum Gasteiger partial charge on any atom is 0.274 e. The van der Waals surface area contributed by atoms with E-state index in [-0.39, 0.29) is 23.5 Å². The average Bonchev–Trinajstić information content (AvgIpc) is 3.40. The topological polar surface area (TPSA) is 75.5 Å². The average molecular weight is 445 g/mol. The molecule has 7 nitrogen and oxygen atoms in total. The molecule has 0 radical (unpaired) electrons. The van der Waals surface area contributed by atoms with E-state index in [9.17, 15) is 13.2 Å². The molecule has 1 aromatic heterocycles. The Morgan fingerprint density at radius 3 is 2.55 bits per heavy atom. The van der Waals surface area contributed by atoms with E-state index in [0.717, 1.165) is 49.2 Å². The standard InChI is InChI=1S/C23H32N4O3S/c1-17-8-10-18(11-9-17)27-21-7-4-6-20(21)22(24-27)23(28)26(14-5-13-25(2)3)19-12-15-31(29,30)16-19/h8-11,19H,4-7,12-16H2,1-3H3. The molecule has 8 heteroatoms. The molecule has 1 atom stereocenters. The Hall–Kier alpha value is -2.19. The predicted molar refractivity (Wildman–Crippen MR) is 122 cm³/mol. The fourth-order valence-electron chi connectivity index (χ4n) is 4.67. The minimum atomic E-state index is -3.08. The third kappa shape index (κ3) is 4.70. The Morgan fingerprint density at radius 1 is 1.16 bits per heavy atom. The third-order valence-corrected chi connectivity index (χ3v) is 8.08. The quantitative estimate of drug-likeness (QED) is 0.655. The first kappa shape index (κ1) is 22.0. The zero-order valence-electron chi connectivity index (χ0n) is 18.7. The second kappa shape index (κ2) is 8.74. The van der Waals surface area contributed by atoms with Crippen molar-refractivity contribution in [3.63, 3.8) is 0 Å². The van der Waals surface area contributed by atoms with E-state index < -0.39 is 9.84 Å². The summed E-state index contributed by atoms with van der Waals surface area (Å²) in [6.07, 6.45) is 4.07. The minimum Gasteiger partial charge on any atom is -0.333 e. The lowest BCUT2D eigenvalue weighted by atomic mass is 10.1. The van der Waals surface area contributed by atoms with Gasteiger partial charge < -0.3 is 9.80 Å². The molecule has 1 unspecified atom stereocenters. The summed E-state index contributed by atoms with van der Waals surface area (Å²) >= 11 is 0. The predicted octanol–water partition coefficient (Wildman–Crippen LogP) is 2.25. The van der Waals surface area contributed by atoms with Crippen molar-refractivity contribution in [2.45, 2.75) is 45.1 Å². The monoisotopic (exact) mass is 444 g/mol. The van der Waals surface area contributed by atoms with Gasteiger partial charge in [0.1, 0.15) is 0 Å². The zero-order valence-corrected chi connectivity index (χ0v) is 19.5. The molecule has 1 aliphatic heterocycles. The molecule has 1 saturated heterocycles. The van der Waals surface area contributed by atoms with E-state index in [0.29, 0.717) is 18.7 Å². The number of fused-ring (bicyclic) bond motifs is 1. The molecule has 2 aliphatic rings. The Balaban J connectivity index is 1.66. The normalized spacial score (nSPS) is 19.7. The van der Waals surface area contributed by atoms with E-state index in [1.165, 1.54) is 5.56 Å². The minimum absolute atomic E-state index is 0.0571. The molecule has 0 bridgehead atoms. The van der Waals surface area contributed by atoms with E-state index in [4.69, 9.17) is 5.10 Å². The molecule has 168 valence electrons. The largest absolute Gasteiger partial charge is 0.333 e. The van der Waals surface area contributed by atoms with Gasteiger partial charge in [-0.15, -0.1) is 0 Å². The van der Waals surface area contributed by atoms with Crippen LogP contribution in [0.25, 0.3) is 5.69 Å². The number of carbonyl (C=O) groups is 1. The van der Waals surface area contributed by atoms with Gasteiger partial charge in [-0.2, -0.15) is 5.10 Å². The molecule has 31 heavy (non-hydrogen) atoms. The van der Waals surface area contributed by atoms with Crippen molar-refractivity contribution >= 4 is 15.7 Å². The molecule has 2 aromatic rings. The number of hydrogen-bond acceptors (Lipinski definition) is 5.